The van der Waals surface area contributed by atoms with E-state index in [0.29, 0.717) is 19.6 Å². The molecule has 4 atom stereocenters. The predicted octanol–water partition coefficient (Wildman–Crippen LogP) is -4.90. The molecule has 0 aromatic carbocycles. The van der Waals surface area contributed by atoms with Crippen molar-refractivity contribution in [2.24, 2.45) is 0 Å². The van der Waals surface area contributed by atoms with Crippen LogP contribution in [0.25, 0.3) is 0 Å². The van der Waals surface area contributed by atoms with Gasteiger partial charge in [0.25, 0.3) is 0 Å². The van der Waals surface area contributed by atoms with Crippen LogP contribution in [0.2, 0.25) is 0 Å². The van der Waals surface area contributed by atoms with E-state index in [1.807, 2.05) is 0 Å². The van der Waals surface area contributed by atoms with Crippen LogP contribution < -0.4 is 16.2 Å². The highest BCUT2D eigenvalue weighted by Gasteiger charge is 2.29. The molecular weight excluding hydrogens is 258 g/mol. The van der Waals surface area contributed by atoms with Crippen LogP contribution in [-0.2, 0) is 0 Å². The smallest absolute Gasteiger partial charge is 0.111 e. The SMILES string of the molecule is OCCNCCNNC[C@H](O)[C@@H](O)[C@H](O)[C@H](O)CO. The first-order chi connectivity index (χ1) is 9.04. The maximum atomic E-state index is 9.52. The summed E-state index contributed by atoms with van der Waals surface area (Å²) in [7, 11) is 0. The van der Waals surface area contributed by atoms with Crippen molar-refractivity contribution in [2.45, 2.75) is 24.4 Å². The highest BCUT2D eigenvalue weighted by atomic mass is 16.4. The molecule has 9 nitrogen and oxygen atoms in total. The van der Waals surface area contributed by atoms with Gasteiger partial charge in [0.15, 0.2) is 0 Å². The molecule has 0 saturated carbocycles. The van der Waals surface area contributed by atoms with Crippen molar-refractivity contribution in [3.8, 4) is 0 Å². The molecule has 0 rings (SSSR count). The highest BCUT2D eigenvalue weighted by Crippen LogP contribution is 2.04. The Morgan fingerprint density at radius 1 is 0.737 bits per heavy atom. The molecule has 0 aliphatic heterocycles. The van der Waals surface area contributed by atoms with Gasteiger partial charge in [-0.1, -0.05) is 0 Å². The molecule has 9 heteroatoms. The molecule has 0 radical (unpaired) electrons. The number of hydrogen-bond donors (Lipinski definition) is 9. The van der Waals surface area contributed by atoms with Crippen LogP contribution >= 0.6 is 0 Å². The van der Waals surface area contributed by atoms with Gasteiger partial charge in [-0.15, -0.1) is 0 Å². The summed E-state index contributed by atoms with van der Waals surface area (Å²) in [5.74, 6) is 0. The zero-order valence-electron chi connectivity index (χ0n) is 10.7. The molecule has 0 fully saturated rings. The second kappa shape index (κ2) is 11.5. The van der Waals surface area contributed by atoms with Gasteiger partial charge in [0.05, 0.1) is 19.3 Å². The van der Waals surface area contributed by atoms with Crippen molar-refractivity contribution in [3.63, 3.8) is 0 Å². The first-order valence-electron chi connectivity index (χ1n) is 6.15. The van der Waals surface area contributed by atoms with Gasteiger partial charge < -0.3 is 36.0 Å². The summed E-state index contributed by atoms with van der Waals surface area (Å²) in [4.78, 5) is 0. The maximum Gasteiger partial charge on any atom is 0.111 e. The predicted molar refractivity (Wildman–Crippen MR) is 67.1 cm³/mol. The van der Waals surface area contributed by atoms with Crippen LogP contribution in [0.5, 0.6) is 0 Å². The molecule has 116 valence electrons. The van der Waals surface area contributed by atoms with E-state index >= 15 is 0 Å². The summed E-state index contributed by atoms with van der Waals surface area (Å²) in [6.07, 6.45) is -5.98. The molecule has 0 heterocycles. The number of aliphatic hydroxyl groups excluding tert-OH is 6. The van der Waals surface area contributed by atoms with E-state index in [9.17, 15) is 15.3 Å². The van der Waals surface area contributed by atoms with E-state index in [-0.39, 0.29) is 13.2 Å². The largest absolute Gasteiger partial charge is 0.395 e. The van der Waals surface area contributed by atoms with Gasteiger partial charge in [0.1, 0.15) is 18.3 Å². The molecule has 0 aliphatic carbocycles. The lowest BCUT2D eigenvalue weighted by Gasteiger charge is -2.25. The highest BCUT2D eigenvalue weighted by molar-refractivity contribution is 4.81. The van der Waals surface area contributed by atoms with Crippen LogP contribution in [-0.4, -0.2) is 94.4 Å². The van der Waals surface area contributed by atoms with Crippen molar-refractivity contribution in [1.29, 1.82) is 0 Å². The standard InChI is InChI=1S/C10H25N3O6/c14-4-3-11-1-2-12-13-5-7(16)9(18)10(19)8(17)6-15/h7-19H,1-6H2/t7-,8+,9+,10+/m0/s1. The van der Waals surface area contributed by atoms with Gasteiger partial charge in [0, 0.05) is 26.2 Å². The zero-order chi connectivity index (χ0) is 14.7. The average molecular weight is 283 g/mol. The Labute approximate surface area is 111 Å². The van der Waals surface area contributed by atoms with Crippen LogP contribution in [0.15, 0.2) is 0 Å². The molecule has 0 saturated heterocycles. The molecule has 19 heavy (non-hydrogen) atoms. The topological polar surface area (TPSA) is 157 Å². The fraction of sp³-hybridized carbons (Fsp3) is 1.00. The summed E-state index contributed by atoms with van der Waals surface area (Å²) in [6.45, 7) is 0.948. The van der Waals surface area contributed by atoms with Gasteiger partial charge in [0.2, 0.25) is 0 Å². The first kappa shape index (κ1) is 18.6. The molecule has 0 aromatic heterocycles. The van der Waals surface area contributed by atoms with Crippen LogP contribution in [0, 0.1) is 0 Å². The summed E-state index contributed by atoms with van der Waals surface area (Å²) in [6, 6.07) is 0. The summed E-state index contributed by atoms with van der Waals surface area (Å²) in [5, 5.41) is 57.5. The number of hydrogen-bond acceptors (Lipinski definition) is 9. The number of hydrazine groups is 1. The van der Waals surface area contributed by atoms with E-state index in [1.54, 1.807) is 0 Å². The van der Waals surface area contributed by atoms with Gasteiger partial charge >= 0.3 is 0 Å². The molecule has 9 N–H and O–H groups in total. The van der Waals surface area contributed by atoms with Gasteiger partial charge in [-0.3, -0.25) is 10.9 Å². The van der Waals surface area contributed by atoms with Crippen LogP contribution in [0.1, 0.15) is 0 Å². The Bertz CT molecular complexity index is 212. The Morgan fingerprint density at radius 2 is 1.37 bits per heavy atom. The fourth-order valence-electron chi connectivity index (χ4n) is 1.30. The third-order valence-electron chi connectivity index (χ3n) is 2.48. The van der Waals surface area contributed by atoms with Crippen molar-refractivity contribution in [3.05, 3.63) is 0 Å². The Hall–Kier alpha value is -0.360. The molecule has 0 bridgehead atoms. The van der Waals surface area contributed by atoms with E-state index in [1.165, 1.54) is 0 Å². The molecular formula is C10H25N3O6. The second-order valence-electron chi connectivity index (χ2n) is 4.08. The lowest BCUT2D eigenvalue weighted by atomic mass is 10.0. The Morgan fingerprint density at radius 3 is 1.95 bits per heavy atom. The number of nitrogens with one attached hydrogen (secondary N) is 3. The summed E-state index contributed by atoms with van der Waals surface area (Å²) in [5.41, 5.74) is 5.39. The van der Waals surface area contributed by atoms with Crippen molar-refractivity contribution < 1.29 is 30.6 Å². The molecule has 0 aromatic rings. The Balaban J connectivity index is 3.64. The number of rotatable bonds is 12. The van der Waals surface area contributed by atoms with Gasteiger partial charge in [-0.2, -0.15) is 0 Å². The molecule has 0 unspecified atom stereocenters. The van der Waals surface area contributed by atoms with Crippen LogP contribution in [0.4, 0.5) is 0 Å². The summed E-state index contributed by atoms with van der Waals surface area (Å²) < 4.78 is 0. The van der Waals surface area contributed by atoms with Gasteiger partial charge in [-0.05, 0) is 0 Å². The molecule has 0 aliphatic rings. The van der Waals surface area contributed by atoms with Gasteiger partial charge in [-0.25, -0.2) is 0 Å². The van der Waals surface area contributed by atoms with Crippen molar-refractivity contribution in [1.82, 2.24) is 16.2 Å². The third kappa shape index (κ3) is 8.42. The Kier molecular flexibility index (Phi) is 11.2. The van der Waals surface area contributed by atoms with Crippen molar-refractivity contribution >= 4 is 0 Å². The lowest BCUT2D eigenvalue weighted by molar-refractivity contribution is -0.114. The minimum Gasteiger partial charge on any atom is -0.395 e. The molecule has 0 amide bonds. The molecule has 0 spiro atoms. The van der Waals surface area contributed by atoms with E-state index in [4.69, 9.17) is 15.3 Å². The quantitative estimate of drug-likeness (QED) is 0.126. The first-order valence-corrected chi connectivity index (χ1v) is 6.15. The maximum absolute atomic E-state index is 9.52. The van der Waals surface area contributed by atoms with E-state index in [2.05, 4.69) is 16.2 Å². The van der Waals surface area contributed by atoms with Crippen molar-refractivity contribution in [2.75, 3.05) is 39.4 Å². The second-order valence-corrected chi connectivity index (χ2v) is 4.08. The monoisotopic (exact) mass is 283 g/mol. The minimum absolute atomic E-state index is 0.0453. The fourth-order valence-corrected chi connectivity index (χ4v) is 1.30. The normalized spacial score (nSPS) is 18.0. The van der Waals surface area contributed by atoms with Crippen LogP contribution in [0.3, 0.4) is 0 Å². The average Bonchev–Trinajstić information content (AvgIpc) is 2.43. The zero-order valence-corrected chi connectivity index (χ0v) is 10.7. The van der Waals surface area contributed by atoms with E-state index < -0.39 is 31.0 Å². The number of aliphatic hydroxyl groups is 6. The minimum atomic E-state index is -1.62. The lowest BCUT2D eigenvalue weighted by Crippen LogP contribution is -2.51. The summed E-state index contributed by atoms with van der Waals surface area (Å²) >= 11 is 0. The third-order valence-corrected chi connectivity index (χ3v) is 2.48. The van der Waals surface area contributed by atoms with E-state index in [0.717, 1.165) is 0 Å².